The molecule has 4 nitrogen and oxygen atoms in total. The van der Waals surface area contributed by atoms with Gasteiger partial charge in [0.2, 0.25) is 0 Å². The fourth-order valence-electron chi connectivity index (χ4n) is 1.48. The first-order valence-corrected chi connectivity index (χ1v) is 4.78. The third-order valence-electron chi connectivity index (χ3n) is 2.26. The number of nitrogens with two attached hydrogens (primary N) is 1. The van der Waals surface area contributed by atoms with Crippen molar-refractivity contribution in [3.8, 4) is 11.3 Å². The minimum absolute atomic E-state index is 0.312. The SMILES string of the molecule is Cc1cc(NN)nnc1-c1ccccc1F. The third-order valence-corrected chi connectivity index (χ3v) is 2.26. The Morgan fingerprint density at radius 3 is 2.62 bits per heavy atom. The molecular formula is C11H11FN4. The molecule has 0 fully saturated rings. The summed E-state index contributed by atoms with van der Waals surface area (Å²) in [6, 6.07) is 8.17. The zero-order valence-electron chi connectivity index (χ0n) is 8.74. The molecule has 0 aliphatic heterocycles. The zero-order chi connectivity index (χ0) is 11.5. The van der Waals surface area contributed by atoms with E-state index in [-0.39, 0.29) is 5.82 Å². The minimum atomic E-state index is -0.312. The predicted molar refractivity (Wildman–Crippen MR) is 60.0 cm³/mol. The normalized spacial score (nSPS) is 10.2. The number of nitrogens with zero attached hydrogens (tertiary/aromatic N) is 2. The Kier molecular flexibility index (Phi) is 2.78. The number of hydrogen-bond acceptors (Lipinski definition) is 4. The predicted octanol–water partition coefficient (Wildman–Crippen LogP) is 1.88. The summed E-state index contributed by atoms with van der Waals surface area (Å²) in [4.78, 5) is 0. The van der Waals surface area contributed by atoms with E-state index in [1.165, 1.54) is 6.07 Å². The first kappa shape index (κ1) is 10.5. The number of nitrogen functional groups attached to an aromatic ring is 1. The molecule has 3 N–H and O–H groups in total. The average molecular weight is 218 g/mol. The lowest BCUT2D eigenvalue weighted by Gasteiger charge is -2.06. The maximum Gasteiger partial charge on any atom is 0.162 e. The van der Waals surface area contributed by atoms with Gasteiger partial charge in [-0.15, -0.1) is 10.2 Å². The molecule has 1 heterocycles. The van der Waals surface area contributed by atoms with Crippen molar-refractivity contribution in [2.24, 2.45) is 5.84 Å². The average Bonchev–Trinajstić information content (AvgIpc) is 2.30. The summed E-state index contributed by atoms with van der Waals surface area (Å²) in [5.74, 6) is 5.36. The van der Waals surface area contributed by atoms with Gasteiger partial charge in [0.25, 0.3) is 0 Å². The highest BCUT2D eigenvalue weighted by Gasteiger charge is 2.09. The van der Waals surface area contributed by atoms with Crippen LogP contribution in [0.2, 0.25) is 0 Å². The van der Waals surface area contributed by atoms with E-state index in [0.717, 1.165) is 5.56 Å². The van der Waals surface area contributed by atoms with Gasteiger partial charge in [0, 0.05) is 5.56 Å². The zero-order valence-corrected chi connectivity index (χ0v) is 8.74. The molecule has 0 aliphatic carbocycles. The van der Waals surface area contributed by atoms with Gasteiger partial charge in [0.1, 0.15) is 5.82 Å². The summed E-state index contributed by atoms with van der Waals surface area (Å²) in [5, 5.41) is 7.77. The quantitative estimate of drug-likeness (QED) is 0.596. The molecule has 82 valence electrons. The summed E-state index contributed by atoms with van der Waals surface area (Å²) in [5.41, 5.74) is 4.17. The molecule has 2 rings (SSSR count). The van der Waals surface area contributed by atoms with Gasteiger partial charge in [-0.25, -0.2) is 10.2 Å². The fourth-order valence-corrected chi connectivity index (χ4v) is 1.48. The van der Waals surface area contributed by atoms with Crippen LogP contribution in [0.4, 0.5) is 10.2 Å². The van der Waals surface area contributed by atoms with Crippen LogP contribution in [0.5, 0.6) is 0 Å². The molecule has 5 heteroatoms. The van der Waals surface area contributed by atoms with Crippen LogP contribution in [-0.2, 0) is 0 Å². The van der Waals surface area contributed by atoms with E-state index in [1.807, 2.05) is 6.92 Å². The molecule has 0 bridgehead atoms. The summed E-state index contributed by atoms with van der Waals surface area (Å²) in [6.07, 6.45) is 0. The van der Waals surface area contributed by atoms with E-state index in [0.29, 0.717) is 17.1 Å². The van der Waals surface area contributed by atoms with Crippen molar-refractivity contribution in [1.29, 1.82) is 0 Å². The highest BCUT2D eigenvalue weighted by molar-refractivity contribution is 5.64. The number of hydrazine groups is 1. The number of hydrogen-bond donors (Lipinski definition) is 2. The molecule has 0 saturated carbocycles. The largest absolute Gasteiger partial charge is 0.307 e. The molecule has 1 aromatic carbocycles. The Hall–Kier alpha value is -2.01. The maximum atomic E-state index is 13.5. The summed E-state index contributed by atoms with van der Waals surface area (Å²) < 4.78 is 13.5. The minimum Gasteiger partial charge on any atom is -0.307 e. The van der Waals surface area contributed by atoms with E-state index in [9.17, 15) is 4.39 Å². The topological polar surface area (TPSA) is 63.8 Å². The number of nitrogens with one attached hydrogen (secondary N) is 1. The second kappa shape index (κ2) is 4.24. The van der Waals surface area contributed by atoms with Crippen LogP contribution >= 0.6 is 0 Å². The number of anilines is 1. The van der Waals surface area contributed by atoms with Crippen LogP contribution < -0.4 is 11.3 Å². The molecule has 0 radical (unpaired) electrons. The van der Waals surface area contributed by atoms with E-state index in [1.54, 1.807) is 24.3 Å². The van der Waals surface area contributed by atoms with Crippen molar-refractivity contribution in [3.63, 3.8) is 0 Å². The van der Waals surface area contributed by atoms with Crippen LogP contribution in [-0.4, -0.2) is 10.2 Å². The maximum absolute atomic E-state index is 13.5. The molecule has 0 aliphatic rings. The fraction of sp³-hybridized carbons (Fsp3) is 0.0909. The van der Waals surface area contributed by atoms with Crippen molar-refractivity contribution < 1.29 is 4.39 Å². The number of rotatable bonds is 2. The first-order chi connectivity index (χ1) is 7.72. The Balaban J connectivity index is 2.53. The smallest absolute Gasteiger partial charge is 0.162 e. The van der Waals surface area contributed by atoms with Gasteiger partial charge in [-0.05, 0) is 30.7 Å². The summed E-state index contributed by atoms with van der Waals surface area (Å²) in [6.45, 7) is 1.83. The highest BCUT2D eigenvalue weighted by atomic mass is 19.1. The van der Waals surface area contributed by atoms with Gasteiger partial charge in [-0.3, -0.25) is 0 Å². The molecule has 16 heavy (non-hydrogen) atoms. The van der Waals surface area contributed by atoms with Crippen molar-refractivity contribution in [3.05, 3.63) is 41.7 Å². The van der Waals surface area contributed by atoms with Gasteiger partial charge in [0.05, 0.1) is 5.69 Å². The van der Waals surface area contributed by atoms with Crippen LogP contribution in [0, 0.1) is 12.7 Å². The van der Waals surface area contributed by atoms with Crippen LogP contribution in [0.3, 0.4) is 0 Å². The van der Waals surface area contributed by atoms with Crippen molar-refractivity contribution in [2.75, 3.05) is 5.43 Å². The Bertz CT molecular complexity index is 513. The number of aromatic nitrogens is 2. The van der Waals surface area contributed by atoms with Gasteiger partial charge in [-0.2, -0.15) is 0 Å². The second-order valence-electron chi connectivity index (χ2n) is 3.39. The lowest BCUT2D eigenvalue weighted by molar-refractivity contribution is 0.630. The van der Waals surface area contributed by atoms with E-state index < -0.39 is 0 Å². The van der Waals surface area contributed by atoms with Gasteiger partial charge < -0.3 is 5.43 Å². The number of aryl methyl sites for hydroxylation is 1. The number of halogens is 1. The van der Waals surface area contributed by atoms with Gasteiger partial charge in [0.15, 0.2) is 5.82 Å². The molecule has 0 atom stereocenters. The van der Waals surface area contributed by atoms with E-state index in [4.69, 9.17) is 5.84 Å². The molecular weight excluding hydrogens is 207 g/mol. The molecule has 0 amide bonds. The summed E-state index contributed by atoms with van der Waals surface area (Å²) >= 11 is 0. The third kappa shape index (κ3) is 1.85. The van der Waals surface area contributed by atoms with Gasteiger partial charge in [-0.1, -0.05) is 12.1 Å². The lowest BCUT2D eigenvalue weighted by atomic mass is 10.1. The molecule has 1 aromatic heterocycles. The second-order valence-corrected chi connectivity index (χ2v) is 3.39. The number of benzene rings is 1. The molecule has 2 aromatic rings. The van der Waals surface area contributed by atoms with Crippen LogP contribution in [0.15, 0.2) is 30.3 Å². The van der Waals surface area contributed by atoms with E-state index >= 15 is 0 Å². The van der Waals surface area contributed by atoms with Crippen molar-refractivity contribution in [2.45, 2.75) is 6.92 Å². The lowest BCUT2D eigenvalue weighted by Crippen LogP contribution is -2.10. The van der Waals surface area contributed by atoms with Crippen molar-refractivity contribution >= 4 is 5.82 Å². The van der Waals surface area contributed by atoms with Crippen LogP contribution in [0.25, 0.3) is 11.3 Å². The summed E-state index contributed by atoms with van der Waals surface area (Å²) in [7, 11) is 0. The highest BCUT2D eigenvalue weighted by Crippen LogP contribution is 2.23. The monoisotopic (exact) mass is 218 g/mol. The molecule has 0 spiro atoms. The standard InChI is InChI=1S/C11H11FN4/c1-7-6-10(14-13)15-16-11(7)8-4-2-3-5-9(8)12/h2-6H,13H2,1H3,(H,14,15). The Morgan fingerprint density at radius 2 is 2.00 bits per heavy atom. The Labute approximate surface area is 92.3 Å². The Morgan fingerprint density at radius 1 is 1.25 bits per heavy atom. The van der Waals surface area contributed by atoms with Gasteiger partial charge >= 0.3 is 0 Å². The van der Waals surface area contributed by atoms with Crippen molar-refractivity contribution in [1.82, 2.24) is 10.2 Å². The first-order valence-electron chi connectivity index (χ1n) is 4.78. The molecule has 0 unspecified atom stereocenters. The van der Waals surface area contributed by atoms with Crippen LogP contribution in [0.1, 0.15) is 5.56 Å². The molecule has 0 saturated heterocycles. The van der Waals surface area contributed by atoms with E-state index in [2.05, 4.69) is 15.6 Å².